The van der Waals surface area contributed by atoms with Crippen molar-refractivity contribution in [3.8, 4) is 10.4 Å². The van der Waals surface area contributed by atoms with Gasteiger partial charge in [-0.25, -0.2) is 4.98 Å². The predicted molar refractivity (Wildman–Crippen MR) is 98.5 cm³/mol. The molecule has 2 heterocycles. The number of hydrogen-bond donors (Lipinski definition) is 3. The zero-order valence-corrected chi connectivity index (χ0v) is 15.2. The molecule has 0 spiro atoms. The van der Waals surface area contributed by atoms with Crippen LogP contribution in [0.4, 0.5) is 5.69 Å². The summed E-state index contributed by atoms with van der Waals surface area (Å²) in [5.41, 5.74) is 7.71. The van der Waals surface area contributed by atoms with Crippen molar-refractivity contribution in [3.05, 3.63) is 35.5 Å². The number of nitrogens with zero attached hydrogens (tertiary/aromatic N) is 2. The van der Waals surface area contributed by atoms with Crippen LogP contribution in [0.15, 0.2) is 29.8 Å². The van der Waals surface area contributed by atoms with Crippen molar-refractivity contribution in [1.29, 1.82) is 0 Å². The van der Waals surface area contributed by atoms with Crippen molar-refractivity contribution in [2.24, 2.45) is 0 Å². The number of aliphatic hydroxyl groups is 1. The minimum absolute atomic E-state index is 0. The Labute approximate surface area is 151 Å². The first-order valence-corrected chi connectivity index (χ1v) is 8.39. The van der Waals surface area contributed by atoms with Gasteiger partial charge in [0.25, 0.3) is 5.91 Å². The van der Waals surface area contributed by atoms with E-state index in [9.17, 15) is 9.90 Å². The Kier molecular flexibility index (Phi) is 6.17. The number of aromatic nitrogens is 1. The van der Waals surface area contributed by atoms with E-state index in [4.69, 9.17) is 0 Å². The second kappa shape index (κ2) is 7.94. The van der Waals surface area contributed by atoms with Crippen molar-refractivity contribution in [3.63, 3.8) is 0 Å². The van der Waals surface area contributed by atoms with E-state index < -0.39 is 6.10 Å². The van der Waals surface area contributed by atoms with Gasteiger partial charge in [-0.3, -0.25) is 15.2 Å². The SMILES string of the molecule is Cc1ncsc1-c1ccc(N(C)NC(=O)[C@@H]2C[C@@H](O)CN2)cc1.Cl. The van der Waals surface area contributed by atoms with Gasteiger partial charge in [-0.05, 0) is 31.0 Å². The van der Waals surface area contributed by atoms with Gasteiger partial charge in [-0.2, -0.15) is 0 Å². The predicted octanol–water partition coefficient (Wildman–Crippen LogP) is 1.73. The van der Waals surface area contributed by atoms with Gasteiger partial charge in [0.15, 0.2) is 0 Å². The summed E-state index contributed by atoms with van der Waals surface area (Å²) in [7, 11) is 1.80. The third-order valence-electron chi connectivity index (χ3n) is 3.96. The summed E-state index contributed by atoms with van der Waals surface area (Å²) in [6, 6.07) is 7.63. The van der Waals surface area contributed by atoms with E-state index in [-0.39, 0.29) is 24.4 Å². The number of β-amino-alcohol motifs (C(OH)–C–C–N with tert-alkyl or cyclic N) is 1. The fourth-order valence-electron chi connectivity index (χ4n) is 2.64. The van der Waals surface area contributed by atoms with E-state index in [1.54, 1.807) is 23.4 Å². The topological polar surface area (TPSA) is 77.5 Å². The highest BCUT2D eigenvalue weighted by Crippen LogP contribution is 2.28. The van der Waals surface area contributed by atoms with Crippen molar-refractivity contribution in [1.82, 2.24) is 15.7 Å². The number of thiazole rings is 1. The zero-order valence-electron chi connectivity index (χ0n) is 13.5. The average Bonchev–Trinajstić information content (AvgIpc) is 3.16. The van der Waals surface area contributed by atoms with Crippen LogP contribution < -0.4 is 15.8 Å². The number of aliphatic hydroxyl groups excluding tert-OH is 1. The summed E-state index contributed by atoms with van der Waals surface area (Å²) in [5, 5.41) is 14.2. The molecule has 6 nitrogen and oxygen atoms in total. The number of halogens is 1. The summed E-state index contributed by atoms with van der Waals surface area (Å²) in [6.07, 6.45) is 0.00137. The van der Waals surface area contributed by atoms with E-state index in [1.165, 1.54) is 0 Å². The number of amides is 1. The Morgan fingerprint density at radius 3 is 2.67 bits per heavy atom. The largest absolute Gasteiger partial charge is 0.392 e. The van der Waals surface area contributed by atoms with Gasteiger partial charge in [0, 0.05) is 13.6 Å². The molecule has 0 saturated carbocycles. The molecule has 130 valence electrons. The molecule has 3 N–H and O–H groups in total. The summed E-state index contributed by atoms with van der Waals surface area (Å²) < 4.78 is 0. The molecule has 0 aliphatic carbocycles. The molecule has 1 aromatic carbocycles. The molecule has 1 fully saturated rings. The van der Waals surface area contributed by atoms with Crippen LogP contribution in [0.3, 0.4) is 0 Å². The molecule has 2 atom stereocenters. The molecule has 3 rings (SSSR count). The van der Waals surface area contributed by atoms with Crippen molar-refractivity contribution < 1.29 is 9.90 Å². The van der Waals surface area contributed by atoms with Crippen LogP contribution in [0.25, 0.3) is 10.4 Å². The molecule has 1 aliphatic heterocycles. The number of aryl methyl sites for hydroxylation is 1. The van der Waals surface area contributed by atoms with Gasteiger partial charge in [0.05, 0.1) is 33.9 Å². The quantitative estimate of drug-likeness (QED) is 0.716. The van der Waals surface area contributed by atoms with Gasteiger partial charge >= 0.3 is 0 Å². The Balaban J connectivity index is 0.00000208. The smallest absolute Gasteiger partial charge is 0.255 e. The highest BCUT2D eigenvalue weighted by molar-refractivity contribution is 7.13. The number of nitrogens with one attached hydrogen (secondary N) is 2. The Bertz CT molecular complexity index is 692. The number of carbonyl (C=O) groups is 1. The number of benzene rings is 1. The first-order chi connectivity index (χ1) is 11.0. The van der Waals surface area contributed by atoms with Crippen LogP contribution in [-0.2, 0) is 4.79 Å². The lowest BCUT2D eigenvalue weighted by Crippen LogP contribution is -2.47. The minimum Gasteiger partial charge on any atom is -0.392 e. The first kappa shape index (κ1) is 18.7. The monoisotopic (exact) mass is 368 g/mol. The molecular formula is C16H21ClN4O2S. The molecule has 24 heavy (non-hydrogen) atoms. The average molecular weight is 369 g/mol. The van der Waals surface area contributed by atoms with Crippen LogP contribution in [-0.4, -0.2) is 41.7 Å². The van der Waals surface area contributed by atoms with Gasteiger partial charge in [0.1, 0.15) is 0 Å². The molecule has 0 radical (unpaired) electrons. The van der Waals surface area contributed by atoms with Gasteiger partial charge < -0.3 is 10.4 Å². The van der Waals surface area contributed by atoms with Gasteiger partial charge in [-0.1, -0.05) is 12.1 Å². The molecule has 1 amide bonds. The summed E-state index contributed by atoms with van der Waals surface area (Å²) in [4.78, 5) is 17.6. The number of rotatable bonds is 4. The minimum atomic E-state index is -0.446. The summed E-state index contributed by atoms with van der Waals surface area (Å²) >= 11 is 1.62. The lowest BCUT2D eigenvalue weighted by Gasteiger charge is -2.22. The number of hydrazine groups is 1. The molecule has 1 aromatic heterocycles. The highest BCUT2D eigenvalue weighted by Gasteiger charge is 2.28. The number of anilines is 1. The highest BCUT2D eigenvalue weighted by atomic mass is 35.5. The second-order valence-corrected chi connectivity index (χ2v) is 6.55. The van der Waals surface area contributed by atoms with Crippen molar-refractivity contribution in [2.75, 3.05) is 18.6 Å². The van der Waals surface area contributed by atoms with Crippen LogP contribution in [0.5, 0.6) is 0 Å². The summed E-state index contributed by atoms with van der Waals surface area (Å²) in [5.74, 6) is -0.133. The fourth-order valence-corrected chi connectivity index (χ4v) is 3.45. The van der Waals surface area contributed by atoms with Gasteiger partial charge in [0.2, 0.25) is 0 Å². The lowest BCUT2D eigenvalue weighted by atomic mass is 10.1. The Morgan fingerprint density at radius 2 is 2.12 bits per heavy atom. The Hall–Kier alpha value is -1.67. The zero-order chi connectivity index (χ0) is 16.4. The van der Waals surface area contributed by atoms with E-state index in [0.717, 1.165) is 21.8 Å². The third kappa shape index (κ3) is 4.05. The van der Waals surface area contributed by atoms with Crippen molar-refractivity contribution >= 4 is 35.3 Å². The Morgan fingerprint density at radius 1 is 1.42 bits per heavy atom. The number of carbonyl (C=O) groups excluding carboxylic acids is 1. The third-order valence-corrected chi connectivity index (χ3v) is 4.94. The molecule has 0 bridgehead atoms. The van der Waals surface area contributed by atoms with E-state index in [2.05, 4.69) is 15.7 Å². The maximum atomic E-state index is 12.1. The normalized spacial score (nSPS) is 19.6. The van der Waals surface area contributed by atoms with Crippen LogP contribution in [0.1, 0.15) is 12.1 Å². The summed E-state index contributed by atoms with van der Waals surface area (Å²) in [6.45, 7) is 2.46. The van der Waals surface area contributed by atoms with E-state index in [0.29, 0.717) is 13.0 Å². The first-order valence-electron chi connectivity index (χ1n) is 7.51. The standard InChI is InChI=1S/C16H20N4O2S.ClH/c1-10-15(23-9-18-10)11-3-5-12(6-4-11)20(2)19-16(22)14-7-13(21)8-17-14;/h3-6,9,13-14,17,21H,7-8H2,1-2H3,(H,19,22);1H/t13-,14+;/m1./s1. The maximum absolute atomic E-state index is 12.1. The molecule has 2 aromatic rings. The maximum Gasteiger partial charge on any atom is 0.255 e. The molecular weight excluding hydrogens is 348 g/mol. The molecule has 1 saturated heterocycles. The van der Waals surface area contributed by atoms with Crippen molar-refractivity contribution in [2.45, 2.75) is 25.5 Å². The second-order valence-electron chi connectivity index (χ2n) is 5.70. The van der Waals surface area contributed by atoms with Gasteiger partial charge in [-0.15, -0.1) is 23.7 Å². The molecule has 1 aliphatic rings. The van der Waals surface area contributed by atoms with Crippen LogP contribution >= 0.6 is 23.7 Å². The van der Waals surface area contributed by atoms with E-state index >= 15 is 0 Å². The van der Waals surface area contributed by atoms with Crippen LogP contribution in [0, 0.1) is 6.92 Å². The fraction of sp³-hybridized carbons (Fsp3) is 0.375. The van der Waals surface area contributed by atoms with E-state index in [1.807, 2.05) is 36.7 Å². The number of hydrogen-bond acceptors (Lipinski definition) is 6. The molecule has 0 unspecified atom stereocenters. The lowest BCUT2D eigenvalue weighted by molar-refractivity contribution is -0.123. The molecule has 8 heteroatoms. The van der Waals surface area contributed by atoms with Crippen LogP contribution in [0.2, 0.25) is 0 Å².